The molecule has 0 saturated carbocycles. The molecule has 6 heteroatoms. The summed E-state index contributed by atoms with van der Waals surface area (Å²) in [6.45, 7) is 2.81. The molecule has 2 N–H and O–H groups in total. The van der Waals surface area contributed by atoms with Gasteiger partial charge in [0, 0.05) is 13.1 Å². The van der Waals surface area contributed by atoms with Crippen molar-refractivity contribution >= 4 is 5.91 Å². The number of para-hydroxylation sites is 1. The average molecular weight is 301 g/mol. The second-order valence-corrected chi connectivity index (χ2v) is 5.73. The number of carbonyl (C=O) groups excluding carboxylic acids is 1. The second-order valence-electron chi connectivity index (χ2n) is 5.73. The predicted octanol–water partition coefficient (Wildman–Crippen LogP) is 1.42. The summed E-state index contributed by atoms with van der Waals surface area (Å²) in [5.74, 6) is -0.320. The van der Waals surface area contributed by atoms with Crippen LogP contribution in [0.15, 0.2) is 36.5 Å². The molecule has 1 saturated heterocycles. The Hall–Kier alpha value is -2.34. The van der Waals surface area contributed by atoms with Crippen LogP contribution in [-0.4, -0.2) is 50.0 Å². The maximum Gasteiger partial charge on any atom is 0.278 e. The number of aliphatic hydroxyl groups excluding tert-OH is 1. The number of carbonyl (C=O) groups is 1. The van der Waals surface area contributed by atoms with Gasteiger partial charge in [0.25, 0.3) is 5.91 Å². The molecule has 0 bridgehead atoms. The summed E-state index contributed by atoms with van der Waals surface area (Å²) in [7, 11) is 0. The van der Waals surface area contributed by atoms with Crippen molar-refractivity contribution in [2.45, 2.75) is 19.4 Å². The molecule has 2 heterocycles. The van der Waals surface area contributed by atoms with Gasteiger partial charge >= 0.3 is 0 Å². The number of benzene rings is 1. The normalized spacial score (nSPS) is 21.8. The molecular weight excluding hydrogens is 282 g/mol. The molecule has 1 fully saturated rings. The number of piperidine rings is 1. The fraction of sp³-hybridized carbons (Fsp3) is 0.375. The molecule has 116 valence electrons. The third-order valence-corrected chi connectivity index (χ3v) is 4.12. The lowest BCUT2D eigenvalue weighted by Crippen LogP contribution is -2.46. The Kier molecular flexibility index (Phi) is 3.85. The lowest BCUT2D eigenvalue weighted by molar-refractivity contribution is 0.0243. The van der Waals surface area contributed by atoms with Crippen LogP contribution in [0.1, 0.15) is 23.8 Å². The van der Waals surface area contributed by atoms with E-state index < -0.39 is 6.10 Å². The number of aromatic nitrogens is 2. The highest BCUT2D eigenvalue weighted by Gasteiger charge is 2.30. The van der Waals surface area contributed by atoms with Gasteiger partial charge in [-0.3, -0.25) is 4.79 Å². The molecule has 2 aromatic rings. The first kappa shape index (κ1) is 14.6. The lowest BCUT2D eigenvalue weighted by Gasteiger charge is -2.33. The number of β-amino-alcohol motifs (C(OH)–C–C–N with tert-alkyl or cyclic N) is 1. The molecule has 1 aromatic carbocycles. The van der Waals surface area contributed by atoms with Crippen LogP contribution in [0, 0.1) is 5.92 Å². The summed E-state index contributed by atoms with van der Waals surface area (Å²) in [6, 6.07) is 9.28. The van der Waals surface area contributed by atoms with E-state index in [0.29, 0.717) is 6.54 Å². The van der Waals surface area contributed by atoms with Crippen molar-refractivity contribution in [3.8, 4) is 11.4 Å². The second kappa shape index (κ2) is 5.81. The van der Waals surface area contributed by atoms with Crippen LogP contribution in [-0.2, 0) is 0 Å². The molecule has 2 atom stereocenters. The van der Waals surface area contributed by atoms with E-state index in [9.17, 15) is 15.0 Å². The van der Waals surface area contributed by atoms with Crippen molar-refractivity contribution in [1.82, 2.24) is 14.7 Å². The molecule has 0 aliphatic carbocycles. The van der Waals surface area contributed by atoms with Crippen LogP contribution < -0.4 is 0 Å². The third-order valence-electron chi connectivity index (χ3n) is 4.12. The SMILES string of the molecule is CC1CCN(C(=O)c2nn(-c3ccccc3)cc2O)CC1O. The monoisotopic (exact) mass is 301 g/mol. The zero-order valence-corrected chi connectivity index (χ0v) is 12.4. The number of aliphatic hydroxyl groups is 1. The van der Waals surface area contributed by atoms with Crippen LogP contribution in [0.4, 0.5) is 0 Å². The minimum Gasteiger partial charge on any atom is -0.504 e. The van der Waals surface area contributed by atoms with Gasteiger partial charge in [-0.2, -0.15) is 5.10 Å². The topological polar surface area (TPSA) is 78.6 Å². The fourth-order valence-electron chi connectivity index (χ4n) is 2.61. The molecule has 1 aliphatic heterocycles. The highest BCUT2D eigenvalue weighted by molar-refractivity contribution is 5.95. The predicted molar refractivity (Wildman–Crippen MR) is 80.9 cm³/mol. The van der Waals surface area contributed by atoms with Gasteiger partial charge in [-0.25, -0.2) is 4.68 Å². The summed E-state index contributed by atoms with van der Waals surface area (Å²) in [6.07, 6.45) is 1.63. The van der Waals surface area contributed by atoms with Gasteiger partial charge in [-0.05, 0) is 24.5 Å². The van der Waals surface area contributed by atoms with Gasteiger partial charge in [-0.15, -0.1) is 0 Å². The van der Waals surface area contributed by atoms with Gasteiger partial charge in [0.1, 0.15) is 0 Å². The Morgan fingerprint density at radius 3 is 2.73 bits per heavy atom. The van der Waals surface area contributed by atoms with Gasteiger partial charge in [0.05, 0.1) is 18.0 Å². The van der Waals surface area contributed by atoms with Gasteiger partial charge in [0.2, 0.25) is 0 Å². The number of aromatic hydroxyl groups is 1. The van der Waals surface area contributed by atoms with Crippen LogP contribution in [0.5, 0.6) is 5.75 Å². The van der Waals surface area contributed by atoms with E-state index >= 15 is 0 Å². The molecule has 1 aliphatic rings. The maximum absolute atomic E-state index is 12.5. The van der Waals surface area contributed by atoms with Crippen LogP contribution in [0.2, 0.25) is 0 Å². The number of amides is 1. The standard InChI is InChI=1S/C16H19N3O3/c1-11-7-8-18(9-13(11)20)16(22)15-14(21)10-19(17-15)12-5-3-2-4-6-12/h2-6,10-11,13,20-21H,7-9H2,1H3. The molecule has 2 unspecified atom stereocenters. The van der Waals surface area contributed by atoms with Gasteiger partial charge < -0.3 is 15.1 Å². The smallest absolute Gasteiger partial charge is 0.278 e. The van der Waals surface area contributed by atoms with E-state index in [4.69, 9.17) is 0 Å². The summed E-state index contributed by atoms with van der Waals surface area (Å²) in [4.78, 5) is 14.0. The molecular formula is C16H19N3O3. The Bertz CT molecular complexity index is 669. The molecule has 0 radical (unpaired) electrons. The largest absolute Gasteiger partial charge is 0.504 e. The van der Waals surface area contributed by atoms with Crippen molar-refractivity contribution in [2.24, 2.45) is 5.92 Å². The zero-order chi connectivity index (χ0) is 15.7. The summed E-state index contributed by atoms with van der Waals surface area (Å²) >= 11 is 0. The van der Waals surface area contributed by atoms with Crippen molar-refractivity contribution in [1.29, 1.82) is 0 Å². The molecule has 22 heavy (non-hydrogen) atoms. The Morgan fingerprint density at radius 2 is 2.05 bits per heavy atom. The number of hydrogen-bond acceptors (Lipinski definition) is 4. The zero-order valence-electron chi connectivity index (χ0n) is 12.4. The van der Waals surface area contributed by atoms with E-state index in [1.165, 1.54) is 10.9 Å². The van der Waals surface area contributed by atoms with Crippen LogP contribution >= 0.6 is 0 Å². The number of nitrogens with zero attached hydrogens (tertiary/aromatic N) is 3. The Morgan fingerprint density at radius 1 is 1.32 bits per heavy atom. The quantitative estimate of drug-likeness (QED) is 0.879. The average Bonchev–Trinajstić information content (AvgIpc) is 2.92. The Labute approximate surface area is 128 Å². The number of rotatable bonds is 2. The molecule has 1 aromatic heterocycles. The summed E-state index contributed by atoms with van der Waals surface area (Å²) in [5, 5.41) is 24.1. The van der Waals surface area contributed by atoms with E-state index in [2.05, 4.69) is 5.10 Å². The van der Waals surface area contributed by atoms with E-state index in [1.807, 2.05) is 37.3 Å². The minimum absolute atomic E-state index is 0.0191. The molecule has 1 amide bonds. The van der Waals surface area contributed by atoms with Crippen molar-refractivity contribution in [3.05, 3.63) is 42.2 Å². The first-order valence-electron chi connectivity index (χ1n) is 7.37. The molecule has 3 rings (SSSR count). The Balaban J connectivity index is 1.83. The summed E-state index contributed by atoms with van der Waals surface area (Å²) < 4.78 is 1.48. The van der Waals surface area contributed by atoms with Crippen molar-refractivity contribution < 1.29 is 15.0 Å². The number of hydrogen-bond donors (Lipinski definition) is 2. The first-order valence-corrected chi connectivity index (χ1v) is 7.37. The van der Waals surface area contributed by atoms with Crippen LogP contribution in [0.3, 0.4) is 0 Å². The maximum atomic E-state index is 12.5. The first-order chi connectivity index (χ1) is 10.6. The third kappa shape index (κ3) is 2.69. The molecule has 6 nitrogen and oxygen atoms in total. The van der Waals surface area contributed by atoms with Crippen molar-refractivity contribution in [3.63, 3.8) is 0 Å². The number of likely N-dealkylation sites (tertiary alicyclic amines) is 1. The molecule has 0 spiro atoms. The van der Waals surface area contributed by atoms with Crippen molar-refractivity contribution in [2.75, 3.05) is 13.1 Å². The van der Waals surface area contributed by atoms with E-state index in [-0.39, 0.29) is 29.8 Å². The highest BCUT2D eigenvalue weighted by atomic mass is 16.3. The van der Waals surface area contributed by atoms with E-state index in [1.54, 1.807) is 4.90 Å². The fourth-order valence-corrected chi connectivity index (χ4v) is 2.61. The minimum atomic E-state index is -0.531. The van der Waals surface area contributed by atoms with Gasteiger partial charge in [-0.1, -0.05) is 25.1 Å². The summed E-state index contributed by atoms with van der Waals surface area (Å²) in [5.41, 5.74) is 0.787. The van der Waals surface area contributed by atoms with E-state index in [0.717, 1.165) is 12.1 Å². The van der Waals surface area contributed by atoms with Gasteiger partial charge in [0.15, 0.2) is 11.4 Å². The lowest BCUT2D eigenvalue weighted by atomic mass is 9.96. The van der Waals surface area contributed by atoms with Crippen LogP contribution in [0.25, 0.3) is 5.69 Å². The highest BCUT2D eigenvalue weighted by Crippen LogP contribution is 2.23.